The van der Waals surface area contributed by atoms with Gasteiger partial charge < -0.3 is 8.83 Å². The maximum absolute atomic E-state index is 6.22. The van der Waals surface area contributed by atoms with E-state index in [2.05, 4.69) is 42.5 Å². The normalized spacial score (nSPS) is 11.8. The smallest absolute Gasteiger partial charge is 0.227 e. The predicted octanol–water partition coefficient (Wildman–Crippen LogP) is 10.9. The van der Waals surface area contributed by atoms with Gasteiger partial charge in [-0.25, -0.2) is 19.9 Å². The Balaban J connectivity index is 1.23. The summed E-state index contributed by atoms with van der Waals surface area (Å²) in [6, 6.07) is 44.7. The third kappa shape index (κ3) is 4.17. The van der Waals surface area contributed by atoms with Crippen LogP contribution in [-0.4, -0.2) is 19.9 Å². The van der Waals surface area contributed by atoms with Crippen LogP contribution in [0.15, 0.2) is 142 Å². The molecule has 0 saturated carbocycles. The number of nitrogens with zero attached hydrogens (tertiary/aromatic N) is 4. The van der Waals surface area contributed by atoms with Gasteiger partial charge in [0.1, 0.15) is 16.7 Å². The molecule has 6 aromatic carbocycles. The first-order valence-electron chi connectivity index (χ1n) is 15.3. The van der Waals surface area contributed by atoms with E-state index in [0.29, 0.717) is 23.4 Å². The lowest BCUT2D eigenvalue weighted by atomic mass is 10.0. The molecule has 7 heteroatoms. The Morgan fingerprint density at radius 3 is 1.89 bits per heavy atom. The predicted molar refractivity (Wildman–Crippen MR) is 189 cm³/mol. The molecule has 0 atom stereocenters. The lowest BCUT2D eigenvalue weighted by Crippen LogP contribution is -2.00. The molecule has 0 bridgehead atoms. The first-order chi connectivity index (χ1) is 23.3. The minimum atomic E-state index is 0.592. The summed E-state index contributed by atoms with van der Waals surface area (Å²) in [4.78, 5) is 20.2. The molecule has 4 heterocycles. The molecule has 0 spiro atoms. The van der Waals surface area contributed by atoms with E-state index < -0.39 is 0 Å². The average Bonchev–Trinajstić information content (AvgIpc) is 3.84. The van der Waals surface area contributed by atoms with Gasteiger partial charge in [0, 0.05) is 59.3 Å². The van der Waals surface area contributed by atoms with Crippen molar-refractivity contribution in [3.05, 3.63) is 133 Å². The van der Waals surface area contributed by atoms with Gasteiger partial charge in [-0.3, -0.25) is 0 Å². The lowest BCUT2D eigenvalue weighted by Gasteiger charge is -2.10. The number of hydrogen-bond donors (Lipinski definition) is 0. The van der Waals surface area contributed by atoms with Crippen molar-refractivity contribution in [2.45, 2.75) is 0 Å². The highest BCUT2D eigenvalue weighted by atomic mass is 32.1. The standard InChI is InChI=1S/C40H22N4O2S/c1-3-11-23(12-4-1)37-42-38(26-16-9-19-31-35(26)25-15-7-8-18-30(25)45-31)44-39(43-37)27-17-10-20-33-36(27)28-21-29-32(22-34(28)47-33)46-40(41-29)24-13-5-2-6-14-24/h1-22H. The summed E-state index contributed by atoms with van der Waals surface area (Å²) in [6.07, 6.45) is 0. The minimum absolute atomic E-state index is 0.592. The number of hydrogen-bond acceptors (Lipinski definition) is 7. The molecule has 0 N–H and O–H groups in total. The van der Waals surface area contributed by atoms with Crippen LogP contribution in [0.4, 0.5) is 0 Å². The number of rotatable bonds is 4. The fourth-order valence-electron chi connectivity index (χ4n) is 6.43. The summed E-state index contributed by atoms with van der Waals surface area (Å²) in [5, 5.41) is 4.19. The second-order valence-electron chi connectivity index (χ2n) is 11.4. The zero-order valence-corrected chi connectivity index (χ0v) is 25.5. The van der Waals surface area contributed by atoms with Gasteiger partial charge in [0.2, 0.25) is 5.89 Å². The van der Waals surface area contributed by atoms with Gasteiger partial charge in [0.05, 0.1) is 0 Å². The van der Waals surface area contributed by atoms with Crippen molar-refractivity contribution in [3.63, 3.8) is 0 Å². The van der Waals surface area contributed by atoms with E-state index in [1.807, 2.05) is 91.0 Å². The molecule has 4 aromatic heterocycles. The highest BCUT2D eigenvalue weighted by Crippen LogP contribution is 2.42. The highest BCUT2D eigenvalue weighted by molar-refractivity contribution is 7.26. The molecule has 0 fully saturated rings. The van der Waals surface area contributed by atoms with Gasteiger partial charge in [-0.2, -0.15) is 0 Å². The quantitative estimate of drug-likeness (QED) is 0.194. The van der Waals surface area contributed by atoms with Gasteiger partial charge in [0.15, 0.2) is 23.1 Å². The topological polar surface area (TPSA) is 77.8 Å². The van der Waals surface area contributed by atoms with E-state index in [4.69, 9.17) is 28.8 Å². The first kappa shape index (κ1) is 26.1. The maximum atomic E-state index is 6.22. The van der Waals surface area contributed by atoms with Crippen molar-refractivity contribution in [3.8, 4) is 45.6 Å². The Hall–Kier alpha value is -6.18. The summed E-state index contributed by atoms with van der Waals surface area (Å²) in [7, 11) is 0. The fraction of sp³-hybridized carbons (Fsp3) is 0. The number of fused-ring (bicyclic) bond motifs is 7. The third-order valence-electron chi connectivity index (χ3n) is 8.58. The molecule has 47 heavy (non-hydrogen) atoms. The SMILES string of the molecule is c1ccc(-c2nc(-c3cccc4oc5ccccc5c34)nc(-c3cccc4sc5cc6oc(-c7ccccc7)nc6cc5c34)n2)cc1. The number of para-hydroxylation sites is 1. The molecule has 0 aliphatic rings. The Morgan fingerprint density at radius 1 is 0.426 bits per heavy atom. The zero-order chi connectivity index (χ0) is 30.9. The number of furan rings is 1. The van der Waals surface area contributed by atoms with E-state index in [1.54, 1.807) is 11.3 Å². The molecule has 0 saturated heterocycles. The van der Waals surface area contributed by atoms with Crippen molar-refractivity contribution in [2.24, 2.45) is 0 Å². The van der Waals surface area contributed by atoms with Gasteiger partial charge in [0.25, 0.3) is 0 Å². The van der Waals surface area contributed by atoms with Crippen molar-refractivity contribution >= 4 is 64.5 Å². The summed E-state index contributed by atoms with van der Waals surface area (Å²) >= 11 is 1.72. The summed E-state index contributed by atoms with van der Waals surface area (Å²) in [5.74, 6) is 2.42. The molecule has 220 valence electrons. The minimum Gasteiger partial charge on any atom is -0.456 e. The van der Waals surface area contributed by atoms with E-state index >= 15 is 0 Å². The number of aromatic nitrogens is 4. The summed E-state index contributed by atoms with van der Waals surface area (Å²) in [5.41, 5.74) is 6.90. The van der Waals surface area contributed by atoms with E-state index in [1.165, 1.54) is 0 Å². The van der Waals surface area contributed by atoms with Crippen LogP contribution in [0.3, 0.4) is 0 Å². The Bertz CT molecular complexity index is 2800. The largest absolute Gasteiger partial charge is 0.456 e. The molecule has 10 aromatic rings. The maximum Gasteiger partial charge on any atom is 0.227 e. The molecule has 6 nitrogen and oxygen atoms in total. The number of thiophene rings is 1. The first-order valence-corrected chi connectivity index (χ1v) is 16.1. The van der Waals surface area contributed by atoms with Crippen LogP contribution in [0.2, 0.25) is 0 Å². The molecule has 10 rings (SSSR count). The van der Waals surface area contributed by atoms with Crippen LogP contribution in [0, 0.1) is 0 Å². The van der Waals surface area contributed by atoms with Crippen molar-refractivity contribution < 1.29 is 8.83 Å². The second kappa shape index (κ2) is 10.2. The molecule has 0 unspecified atom stereocenters. The molecule has 0 aliphatic carbocycles. The Kier molecular flexibility index (Phi) is 5.64. The van der Waals surface area contributed by atoms with Crippen LogP contribution >= 0.6 is 11.3 Å². The van der Waals surface area contributed by atoms with Crippen LogP contribution in [0.25, 0.3) is 98.8 Å². The van der Waals surface area contributed by atoms with E-state index in [-0.39, 0.29) is 0 Å². The van der Waals surface area contributed by atoms with Crippen LogP contribution in [0.1, 0.15) is 0 Å². The average molecular weight is 623 g/mol. The summed E-state index contributed by atoms with van der Waals surface area (Å²) < 4.78 is 14.7. The van der Waals surface area contributed by atoms with E-state index in [9.17, 15) is 0 Å². The molecular formula is C40H22N4O2S. The monoisotopic (exact) mass is 622 g/mol. The van der Waals surface area contributed by atoms with Gasteiger partial charge in [-0.1, -0.05) is 91.0 Å². The van der Waals surface area contributed by atoms with Crippen molar-refractivity contribution in [2.75, 3.05) is 0 Å². The highest BCUT2D eigenvalue weighted by Gasteiger charge is 2.20. The Morgan fingerprint density at radius 2 is 1.09 bits per heavy atom. The van der Waals surface area contributed by atoms with Gasteiger partial charge in [-0.15, -0.1) is 11.3 Å². The second-order valence-corrected chi connectivity index (χ2v) is 12.5. The molecule has 0 aliphatic heterocycles. The molecule has 0 radical (unpaired) electrons. The zero-order valence-electron chi connectivity index (χ0n) is 24.7. The number of oxazole rings is 1. The van der Waals surface area contributed by atoms with Crippen molar-refractivity contribution in [1.82, 2.24) is 19.9 Å². The van der Waals surface area contributed by atoms with Gasteiger partial charge >= 0.3 is 0 Å². The van der Waals surface area contributed by atoms with Crippen LogP contribution < -0.4 is 0 Å². The Labute approximate surface area is 271 Å². The number of benzene rings is 6. The lowest BCUT2D eigenvalue weighted by molar-refractivity contribution is 0.620. The fourth-order valence-corrected chi connectivity index (χ4v) is 7.57. The summed E-state index contributed by atoms with van der Waals surface area (Å²) in [6.45, 7) is 0. The van der Waals surface area contributed by atoms with Crippen LogP contribution in [0.5, 0.6) is 0 Å². The molecular weight excluding hydrogens is 601 g/mol. The van der Waals surface area contributed by atoms with Crippen molar-refractivity contribution in [1.29, 1.82) is 0 Å². The molecule has 0 amide bonds. The third-order valence-corrected chi connectivity index (χ3v) is 9.70. The van der Waals surface area contributed by atoms with Crippen LogP contribution in [-0.2, 0) is 0 Å². The van der Waals surface area contributed by atoms with Gasteiger partial charge in [-0.05, 0) is 36.4 Å². The van der Waals surface area contributed by atoms with E-state index in [0.717, 1.165) is 75.5 Å².